The molecule has 0 radical (unpaired) electrons. The maximum absolute atomic E-state index is 12.9. The van der Waals surface area contributed by atoms with E-state index in [1.165, 1.54) is 25.1 Å². The van der Waals surface area contributed by atoms with Crippen LogP contribution in [0.15, 0.2) is 65.1 Å². The largest absolute Gasteiger partial charge is 0.449 e. The van der Waals surface area contributed by atoms with Gasteiger partial charge in [0.1, 0.15) is 17.3 Å². The molecule has 1 amide bonds. The number of carbonyl (C=O) groups excluding carboxylic acids is 2. The van der Waals surface area contributed by atoms with Gasteiger partial charge in [-0.15, -0.1) is 0 Å². The molecule has 0 aliphatic heterocycles. The number of carbonyl (C=O) groups is 2. The zero-order chi connectivity index (χ0) is 17.8. The van der Waals surface area contributed by atoms with Crippen LogP contribution < -0.4 is 10.1 Å². The summed E-state index contributed by atoms with van der Waals surface area (Å²) in [6, 6.07) is 15.2. The first-order valence-electron chi connectivity index (χ1n) is 7.47. The molecule has 0 saturated heterocycles. The number of furan rings is 1. The molecule has 1 heterocycles. The Hall–Kier alpha value is -3.41. The Bertz CT molecular complexity index is 898. The zero-order valence-corrected chi connectivity index (χ0v) is 13.3. The lowest BCUT2D eigenvalue weighted by Crippen LogP contribution is -2.08. The molecular formula is C19H14FNO4. The Kier molecular flexibility index (Phi) is 4.61. The van der Waals surface area contributed by atoms with E-state index in [4.69, 9.17) is 9.15 Å². The molecule has 0 spiro atoms. The number of esters is 1. The molecule has 25 heavy (non-hydrogen) atoms. The van der Waals surface area contributed by atoms with E-state index < -0.39 is 5.97 Å². The zero-order valence-electron chi connectivity index (χ0n) is 13.3. The number of anilines is 1. The number of halogens is 1. The summed E-state index contributed by atoms with van der Waals surface area (Å²) >= 11 is 0. The first kappa shape index (κ1) is 16.4. The molecule has 2 aromatic carbocycles. The van der Waals surface area contributed by atoms with Gasteiger partial charge in [0.2, 0.25) is 11.7 Å². The van der Waals surface area contributed by atoms with Crippen molar-refractivity contribution in [2.75, 3.05) is 5.32 Å². The van der Waals surface area contributed by atoms with E-state index in [0.717, 1.165) is 0 Å². The highest BCUT2D eigenvalue weighted by molar-refractivity contribution is 5.90. The van der Waals surface area contributed by atoms with Crippen molar-refractivity contribution in [2.24, 2.45) is 0 Å². The molecule has 0 saturated carbocycles. The fourth-order valence-electron chi connectivity index (χ4n) is 2.18. The summed E-state index contributed by atoms with van der Waals surface area (Å²) in [4.78, 5) is 23.1. The van der Waals surface area contributed by atoms with E-state index >= 15 is 0 Å². The molecule has 0 aliphatic rings. The molecule has 0 fully saturated rings. The fraction of sp³-hybridized carbons (Fsp3) is 0.0526. The summed E-state index contributed by atoms with van der Waals surface area (Å²) < 4.78 is 23.6. The molecule has 0 bridgehead atoms. The van der Waals surface area contributed by atoms with E-state index in [-0.39, 0.29) is 17.5 Å². The summed E-state index contributed by atoms with van der Waals surface area (Å²) in [7, 11) is 0. The average Bonchev–Trinajstić information content (AvgIpc) is 3.07. The monoisotopic (exact) mass is 339 g/mol. The number of rotatable bonds is 4. The highest BCUT2D eigenvalue weighted by Gasteiger charge is 2.15. The number of amides is 1. The van der Waals surface area contributed by atoms with Crippen molar-refractivity contribution in [3.05, 3.63) is 72.2 Å². The smallest absolute Gasteiger partial charge is 0.379 e. The van der Waals surface area contributed by atoms with E-state index in [1.54, 1.807) is 42.5 Å². The Morgan fingerprint density at radius 3 is 2.28 bits per heavy atom. The van der Waals surface area contributed by atoms with Crippen LogP contribution in [0.5, 0.6) is 5.75 Å². The van der Waals surface area contributed by atoms with Gasteiger partial charge in [0, 0.05) is 18.2 Å². The molecule has 0 atom stereocenters. The molecule has 1 aromatic heterocycles. The third kappa shape index (κ3) is 4.11. The predicted molar refractivity (Wildman–Crippen MR) is 89.8 cm³/mol. The minimum absolute atomic E-state index is 0.0327. The topological polar surface area (TPSA) is 68.5 Å². The van der Waals surface area contributed by atoms with Crippen LogP contribution in [0.1, 0.15) is 17.5 Å². The molecule has 0 unspecified atom stereocenters. The summed E-state index contributed by atoms with van der Waals surface area (Å²) in [5.74, 6) is -0.399. The molecule has 0 aliphatic carbocycles. The molecule has 6 heteroatoms. The van der Waals surface area contributed by atoms with Gasteiger partial charge in [0.15, 0.2) is 0 Å². The summed E-state index contributed by atoms with van der Waals surface area (Å²) in [6.07, 6.45) is 0. The molecular weight excluding hydrogens is 325 g/mol. The summed E-state index contributed by atoms with van der Waals surface area (Å²) in [6.45, 7) is 1.41. The van der Waals surface area contributed by atoms with Crippen molar-refractivity contribution in [1.82, 2.24) is 0 Å². The number of hydrogen-bond acceptors (Lipinski definition) is 4. The third-order valence-electron chi connectivity index (χ3n) is 3.32. The first-order chi connectivity index (χ1) is 12.0. The number of nitrogens with one attached hydrogen (secondary N) is 1. The van der Waals surface area contributed by atoms with Crippen molar-refractivity contribution in [2.45, 2.75) is 6.92 Å². The molecule has 3 aromatic rings. The normalized spacial score (nSPS) is 10.3. The van der Waals surface area contributed by atoms with Gasteiger partial charge in [0.05, 0.1) is 0 Å². The minimum Gasteiger partial charge on any atom is -0.449 e. The van der Waals surface area contributed by atoms with Crippen LogP contribution in [0.4, 0.5) is 10.1 Å². The lowest BCUT2D eigenvalue weighted by atomic mass is 10.2. The lowest BCUT2D eigenvalue weighted by molar-refractivity contribution is -0.114. The van der Waals surface area contributed by atoms with E-state index in [1.807, 2.05) is 0 Å². The highest BCUT2D eigenvalue weighted by Crippen LogP contribution is 2.24. The van der Waals surface area contributed by atoms with Crippen molar-refractivity contribution in [3.63, 3.8) is 0 Å². The first-order valence-corrected chi connectivity index (χ1v) is 7.47. The van der Waals surface area contributed by atoms with Gasteiger partial charge in [-0.25, -0.2) is 9.18 Å². The van der Waals surface area contributed by atoms with Crippen LogP contribution in [-0.4, -0.2) is 11.9 Å². The van der Waals surface area contributed by atoms with Gasteiger partial charge >= 0.3 is 5.97 Å². The fourth-order valence-corrected chi connectivity index (χ4v) is 2.18. The van der Waals surface area contributed by atoms with Gasteiger partial charge in [-0.1, -0.05) is 0 Å². The highest BCUT2D eigenvalue weighted by atomic mass is 19.1. The van der Waals surface area contributed by atoms with Crippen LogP contribution in [0, 0.1) is 5.82 Å². The summed E-state index contributed by atoms with van der Waals surface area (Å²) in [5.41, 5.74) is 1.25. The van der Waals surface area contributed by atoms with Crippen LogP contribution in [-0.2, 0) is 4.79 Å². The van der Waals surface area contributed by atoms with Gasteiger partial charge < -0.3 is 14.5 Å². The molecule has 1 N–H and O–H groups in total. The second-order valence-corrected chi connectivity index (χ2v) is 5.27. The third-order valence-corrected chi connectivity index (χ3v) is 3.32. The molecule has 5 nitrogen and oxygen atoms in total. The average molecular weight is 339 g/mol. The van der Waals surface area contributed by atoms with Gasteiger partial charge in [0.25, 0.3) is 0 Å². The van der Waals surface area contributed by atoms with Crippen molar-refractivity contribution < 1.29 is 23.1 Å². The van der Waals surface area contributed by atoms with Gasteiger partial charge in [-0.3, -0.25) is 4.79 Å². The van der Waals surface area contributed by atoms with Crippen molar-refractivity contribution >= 4 is 17.6 Å². The van der Waals surface area contributed by atoms with E-state index in [9.17, 15) is 14.0 Å². The number of ether oxygens (including phenoxy) is 1. The van der Waals surface area contributed by atoms with Crippen LogP contribution in [0.2, 0.25) is 0 Å². The Balaban J connectivity index is 1.69. The Labute approximate surface area is 143 Å². The Morgan fingerprint density at radius 2 is 1.64 bits per heavy atom. The minimum atomic E-state index is -0.652. The second-order valence-electron chi connectivity index (χ2n) is 5.27. The lowest BCUT2D eigenvalue weighted by Gasteiger charge is -2.05. The van der Waals surface area contributed by atoms with E-state index in [0.29, 0.717) is 22.8 Å². The summed E-state index contributed by atoms with van der Waals surface area (Å²) in [5, 5.41) is 2.62. The predicted octanol–water partition coefficient (Wildman–Crippen LogP) is 4.26. The molecule has 126 valence electrons. The quantitative estimate of drug-likeness (QED) is 0.569. The standard InChI is InChI=1S/C19H14FNO4/c1-12(22)21-15-6-8-16(9-7-15)24-19(23)18-11-10-17(25-18)13-2-4-14(20)5-3-13/h2-11H,1H3,(H,21,22). The molecule has 3 rings (SSSR count). The number of benzene rings is 2. The van der Waals surface area contributed by atoms with Crippen molar-refractivity contribution in [3.8, 4) is 17.1 Å². The maximum atomic E-state index is 12.9. The number of hydrogen-bond donors (Lipinski definition) is 1. The SMILES string of the molecule is CC(=O)Nc1ccc(OC(=O)c2ccc(-c3ccc(F)cc3)o2)cc1. The van der Waals surface area contributed by atoms with Crippen LogP contribution >= 0.6 is 0 Å². The maximum Gasteiger partial charge on any atom is 0.379 e. The Morgan fingerprint density at radius 1 is 0.960 bits per heavy atom. The van der Waals surface area contributed by atoms with E-state index in [2.05, 4.69) is 5.32 Å². The van der Waals surface area contributed by atoms with Crippen LogP contribution in [0.25, 0.3) is 11.3 Å². The van der Waals surface area contributed by atoms with Gasteiger partial charge in [-0.2, -0.15) is 0 Å². The second kappa shape index (κ2) is 7.00. The van der Waals surface area contributed by atoms with Crippen molar-refractivity contribution in [1.29, 1.82) is 0 Å². The van der Waals surface area contributed by atoms with Crippen LogP contribution in [0.3, 0.4) is 0 Å². The van der Waals surface area contributed by atoms with Gasteiger partial charge in [-0.05, 0) is 60.7 Å².